The number of benzene rings is 3. The summed E-state index contributed by atoms with van der Waals surface area (Å²) in [5.74, 6) is -0.974. The number of carbonyl (C=O) groups is 2. The van der Waals surface area contributed by atoms with Gasteiger partial charge in [-0.05, 0) is 43.9 Å². The van der Waals surface area contributed by atoms with Gasteiger partial charge in [-0.25, -0.2) is 8.42 Å². The fraction of sp³-hybridized carbons (Fsp3) is 0.355. The first-order valence-corrected chi connectivity index (χ1v) is 15.6. The molecule has 0 saturated heterocycles. The molecule has 1 N–H and O–H groups in total. The van der Waals surface area contributed by atoms with Crippen LogP contribution in [-0.2, 0) is 32.6 Å². The number of nitrogens with one attached hydrogen (secondary N) is 1. The van der Waals surface area contributed by atoms with Crippen molar-refractivity contribution in [3.63, 3.8) is 0 Å². The van der Waals surface area contributed by atoms with Crippen LogP contribution in [-0.4, -0.2) is 54.9 Å². The van der Waals surface area contributed by atoms with E-state index in [1.807, 2.05) is 75.4 Å². The predicted molar refractivity (Wildman–Crippen MR) is 164 cm³/mol. The van der Waals surface area contributed by atoms with Crippen LogP contribution in [0.15, 0.2) is 72.8 Å². The fourth-order valence-corrected chi connectivity index (χ4v) is 5.36. The van der Waals surface area contributed by atoms with E-state index in [4.69, 9.17) is 0 Å². The Bertz CT molecular complexity index is 1510. The highest BCUT2D eigenvalue weighted by molar-refractivity contribution is 7.92. The first kappa shape index (κ1) is 32.3. The normalized spacial score (nSPS) is 12.7. The highest BCUT2D eigenvalue weighted by Gasteiger charge is 2.34. The Morgan fingerprint density at radius 1 is 0.976 bits per heavy atom. The minimum Gasteiger partial charge on any atom is -0.352 e. The summed E-state index contributed by atoms with van der Waals surface area (Å²) >= 11 is 0. The van der Waals surface area contributed by atoms with E-state index in [2.05, 4.69) is 5.32 Å². The number of sulfonamides is 1. The molecule has 0 heterocycles. The minimum atomic E-state index is -4.06. The maximum Gasteiger partial charge on any atom is 0.271 e. The maximum atomic E-state index is 14.2. The Kier molecular flexibility index (Phi) is 10.8. The number of hydrogen-bond donors (Lipinski definition) is 1. The predicted octanol–water partition coefficient (Wildman–Crippen LogP) is 4.53. The second-order valence-electron chi connectivity index (χ2n) is 10.5. The van der Waals surface area contributed by atoms with Crippen molar-refractivity contribution < 1.29 is 22.9 Å². The summed E-state index contributed by atoms with van der Waals surface area (Å²) in [6.07, 6.45) is 1.83. The molecule has 0 aliphatic carbocycles. The molecule has 224 valence electrons. The van der Waals surface area contributed by atoms with Crippen LogP contribution in [0.1, 0.15) is 42.5 Å². The zero-order valence-corrected chi connectivity index (χ0v) is 25.4. The molecule has 0 radical (unpaired) electrons. The Morgan fingerprint density at radius 3 is 2.19 bits per heavy atom. The van der Waals surface area contributed by atoms with Crippen molar-refractivity contribution in [3.05, 3.63) is 105 Å². The molecule has 2 atom stereocenters. The second kappa shape index (κ2) is 14.1. The number of amides is 2. The molecule has 0 fully saturated rings. The first-order chi connectivity index (χ1) is 19.8. The maximum absolute atomic E-state index is 14.2. The Hall–Kier alpha value is -4.25. The van der Waals surface area contributed by atoms with Gasteiger partial charge in [-0.2, -0.15) is 0 Å². The van der Waals surface area contributed by atoms with Crippen LogP contribution in [0.3, 0.4) is 0 Å². The van der Waals surface area contributed by atoms with E-state index in [0.717, 1.165) is 33.3 Å². The van der Waals surface area contributed by atoms with Crippen molar-refractivity contribution in [1.82, 2.24) is 10.2 Å². The van der Waals surface area contributed by atoms with Crippen molar-refractivity contribution >= 4 is 33.2 Å². The largest absolute Gasteiger partial charge is 0.352 e. The van der Waals surface area contributed by atoms with Crippen molar-refractivity contribution in [1.29, 1.82) is 0 Å². The molecule has 0 unspecified atom stereocenters. The van der Waals surface area contributed by atoms with Crippen LogP contribution in [0.4, 0.5) is 11.4 Å². The fourth-order valence-electron chi connectivity index (χ4n) is 4.46. The van der Waals surface area contributed by atoms with Gasteiger partial charge < -0.3 is 10.2 Å². The van der Waals surface area contributed by atoms with Gasteiger partial charge in [-0.1, -0.05) is 73.2 Å². The Morgan fingerprint density at radius 2 is 1.62 bits per heavy atom. The van der Waals surface area contributed by atoms with E-state index in [0.29, 0.717) is 12.0 Å². The summed E-state index contributed by atoms with van der Waals surface area (Å²) in [6.45, 7) is 6.78. The van der Waals surface area contributed by atoms with Crippen LogP contribution in [0.25, 0.3) is 0 Å². The average Bonchev–Trinajstić information content (AvgIpc) is 2.94. The summed E-state index contributed by atoms with van der Waals surface area (Å²) in [5, 5.41) is 14.4. The topological polar surface area (TPSA) is 130 Å². The van der Waals surface area contributed by atoms with E-state index in [9.17, 15) is 28.1 Å². The molecular formula is C31H38N4O6S. The molecule has 0 aliphatic rings. The van der Waals surface area contributed by atoms with Crippen LogP contribution >= 0.6 is 0 Å². The first-order valence-electron chi connectivity index (χ1n) is 13.7. The number of non-ortho nitro benzene ring substituents is 1. The molecule has 42 heavy (non-hydrogen) atoms. The van der Waals surface area contributed by atoms with Gasteiger partial charge in [0.1, 0.15) is 12.6 Å². The number of nitro groups is 1. The van der Waals surface area contributed by atoms with E-state index in [-0.39, 0.29) is 36.3 Å². The second-order valence-corrected chi connectivity index (χ2v) is 12.4. The molecule has 3 aromatic rings. The molecule has 10 nitrogen and oxygen atoms in total. The van der Waals surface area contributed by atoms with Gasteiger partial charge >= 0.3 is 0 Å². The molecular weight excluding hydrogens is 556 g/mol. The van der Waals surface area contributed by atoms with Gasteiger partial charge in [0.05, 0.1) is 16.9 Å². The molecule has 0 aliphatic heterocycles. The van der Waals surface area contributed by atoms with E-state index in [1.54, 1.807) is 6.92 Å². The minimum absolute atomic E-state index is 0.0269. The van der Waals surface area contributed by atoms with Crippen molar-refractivity contribution in [2.75, 3.05) is 17.1 Å². The third kappa shape index (κ3) is 8.62. The van der Waals surface area contributed by atoms with Gasteiger partial charge in [0.2, 0.25) is 21.8 Å². The molecule has 0 saturated carbocycles. The van der Waals surface area contributed by atoms with E-state index in [1.165, 1.54) is 17.0 Å². The van der Waals surface area contributed by atoms with Gasteiger partial charge in [0, 0.05) is 31.1 Å². The van der Waals surface area contributed by atoms with Crippen molar-refractivity contribution in [2.24, 2.45) is 0 Å². The number of anilines is 1. The van der Waals surface area contributed by atoms with Crippen LogP contribution in [0, 0.1) is 24.0 Å². The average molecular weight is 595 g/mol. The third-order valence-corrected chi connectivity index (χ3v) is 8.22. The van der Waals surface area contributed by atoms with Gasteiger partial charge in [0.15, 0.2) is 0 Å². The molecule has 3 aromatic carbocycles. The Labute approximate surface area is 247 Å². The lowest BCUT2D eigenvalue weighted by atomic mass is 10.0. The number of hydrogen-bond acceptors (Lipinski definition) is 6. The molecule has 11 heteroatoms. The SMILES string of the molecule is CC[C@@H](C)NC(=O)[C@H](Cc1ccccc1)N(Cc1ccc(C)cc1)C(=O)CN(c1cc([N+](=O)[O-])ccc1C)S(C)(=O)=O. The van der Waals surface area contributed by atoms with Gasteiger partial charge in [-0.15, -0.1) is 0 Å². The lowest BCUT2D eigenvalue weighted by Gasteiger charge is -2.34. The summed E-state index contributed by atoms with van der Waals surface area (Å²) < 4.78 is 26.9. The molecule has 0 spiro atoms. The highest BCUT2D eigenvalue weighted by Crippen LogP contribution is 2.28. The quantitative estimate of drug-likeness (QED) is 0.229. The van der Waals surface area contributed by atoms with Gasteiger partial charge in [-0.3, -0.25) is 24.0 Å². The van der Waals surface area contributed by atoms with E-state index >= 15 is 0 Å². The third-order valence-electron chi connectivity index (χ3n) is 7.10. The molecule has 0 aromatic heterocycles. The lowest BCUT2D eigenvalue weighted by molar-refractivity contribution is -0.384. The number of nitrogens with zero attached hydrogens (tertiary/aromatic N) is 3. The molecule has 2 amide bonds. The highest BCUT2D eigenvalue weighted by atomic mass is 32.2. The van der Waals surface area contributed by atoms with Crippen LogP contribution in [0.5, 0.6) is 0 Å². The zero-order chi connectivity index (χ0) is 31.0. The van der Waals surface area contributed by atoms with E-state index < -0.39 is 33.4 Å². The summed E-state index contributed by atoms with van der Waals surface area (Å²) in [7, 11) is -4.06. The zero-order valence-electron chi connectivity index (χ0n) is 24.6. The monoisotopic (exact) mass is 594 g/mol. The summed E-state index contributed by atoms with van der Waals surface area (Å²) in [6, 6.07) is 19.6. The number of rotatable bonds is 13. The van der Waals surface area contributed by atoms with Gasteiger partial charge in [0.25, 0.3) is 5.69 Å². The summed E-state index contributed by atoms with van der Waals surface area (Å²) in [4.78, 5) is 40.1. The number of carbonyl (C=O) groups excluding carboxylic acids is 2. The van der Waals surface area contributed by atoms with Crippen LogP contribution in [0.2, 0.25) is 0 Å². The van der Waals surface area contributed by atoms with Crippen molar-refractivity contribution in [3.8, 4) is 0 Å². The molecule has 0 bridgehead atoms. The van der Waals surface area contributed by atoms with Crippen molar-refractivity contribution in [2.45, 2.75) is 59.2 Å². The lowest BCUT2D eigenvalue weighted by Crippen LogP contribution is -2.54. The molecule has 3 rings (SSSR count). The Balaban J connectivity index is 2.10. The number of nitro benzene ring substituents is 1. The smallest absolute Gasteiger partial charge is 0.271 e. The standard InChI is InChI=1S/C31H38N4O6S/c1-6-24(4)32-31(37)29(18-25-10-8-7-9-11-25)33(20-26-15-12-22(2)13-16-26)30(36)21-34(42(5,40)41)28-19-27(35(38)39)17-14-23(28)3/h7-17,19,24,29H,6,18,20-21H2,1-5H3,(H,32,37)/t24-,29+/m1/s1. The van der Waals surface area contributed by atoms with Crippen LogP contribution < -0.4 is 9.62 Å². The number of aryl methyl sites for hydroxylation is 2. The summed E-state index contributed by atoms with van der Waals surface area (Å²) in [5.41, 5.74) is 2.79.